The molecule has 2 nitrogen and oxygen atoms in total. The van der Waals surface area contributed by atoms with Gasteiger partial charge in [0.2, 0.25) is 0 Å². The first-order valence-electron chi connectivity index (χ1n) is 4.99. The van der Waals surface area contributed by atoms with E-state index in [2.05, 4.69) is 0 Å². The summed E-state index contributed by atoms with van der Waals surface area (Å²) in [7, 11) is 0. The van der Waals surface area contributed by atoms with E-state index in [0.29, 0.717) is 6.61 Å². The van der Waals surface area contributed by atoms with Crippen LogP contribution in [0, 0.1) is 5.92 Å². The SMILES string of the molecule is C[C@@H]1CCO[C@@H](c2ccccc2)C1=O. The lowest BCUT2D eigenvalue weighted by Gasteiger charge is -2.26. The molecule has 74 valence electrons. The molecule has 2 atom stereocenters. The average molecular weight is 190 g/mol. The number of rotatable bonds is 1. The second-order valence-corrected chi connectivity index (χ2v) is 3.75. The highest BCUT2D eigenvalue weighted by Gasteiger charge is 2.29. The van der Waals surface area contributed by atoms with Crippen molar-refractivity contribution in [3.63, 3.8) is 0 Å². The highest BCUT2D eigenvalue weighted by Crippen LogP contribution is 2.27. The van der Waals surface area contributed by atoms with Crippen molar-refractivity contribution < 1.29 is 9.53 Å². The largest absolute Gasteiger partial charge is 0.366 e. The first-order chi connectivity index (χ1) is 6.79. The third kappa shape index (κ3) is 1.70. The summed E-state index contributed by atoms with van der Waals surface area (Å²) in [6, 6.07) is 9.71. The van der Waals surface area contributed by atoms with Gasteiger partial charge in [-0.1, -0.05) is 37.3 Å². The molecule has 0 amide bonds. The van der Waals surface area contributed by atoms with Crippen LogP contribution < -0.4 is 0 Å². The molecule has 0 spiro atoms. The molecule has 2 heteroatoms. The minimum absolute atomic E-state index is 0.133. The van der Waals surface area contributed by atoms with E-state index >= 15 is 0 Å². The molecule has 1 heterocycles. The summed E-state index contributed by atoms with van der Waals surface area (Å²) in [5.74, 6) is 0.344. The molecule has 1 aliphatic heterocycles. The Hall–Kier alpha value is -1.15. The molecule has 0 unspecified atom stereocenters. The van der Waals surface area contributed by atoms with Crippen LogP contribution in [-0.2, 0) is 9.53 Å². The molecule has 0 aromatic heterocycles. The fourth-order valence-electron chi connectivity index (χ4n) is 1.73. The van der Waals surface area contributed by atoms with Gasteiger partial charge < -0.3 is 4.74 Å². The van der Waals surface area contributed by atoms with Crippen molar-refractivity contribution >= 4 is 5.78 Å². The summed E-state index contributed by atoms with van der Waals surface area (Å²) in [5, 5.41) is 0. The normalized spacial score (nSPS) is 27.6. The Balaban J connectivity index is 2.22. The molecule has 0 radical (unpaired) electrons. The van der Waals surface area contributed by atoms with E-state index in [0.717, 1.165) is 12.0 Å². The Morgan fingerprint density at radius 3 is 2.71 bits per heavy atom. The van der Waals surface area contributed by atoms with Crippen molar-refractivity contribution in [3.05, 3.63) is 35.9 Å². The molecule has 2 rings (SSSR count). The predicted octanol–water partition coefficient (Wildman–Crippen LogP) is 2.35. The van der Waals surface area contributed by atoms with Crippen LogP contribution in [0.25, 0.3) is 0 Å². The van der Waals surface area contributed by atoms with E-state index in [1.54, 1.807) is 0 Å². The van der Waals surface area contributed by atoms with Gasteiger partial charge in [0.05, 0.1) is 0 Å². The van der Waals surface area contributed by atoms with Gasteiger partial charge in [0.1, 0.15) is 6.10 Å². The summed E-state index contributed by atoms with van der Waals surface area (Å²) >= 11 is 0. The fraction of sp³-hybridized carbons (Fsp3) is 0.417. The fourth-order valence-corrected chi connectivity index (χ4v) is 1.73. The van der Waals surface area contributed by atoms with Gasteiger partial charge in [0.15, 0.2) is 5.78 Å². The zero-order valence-corrected chi connectivity index (χ0v) is 8.27. The van der Waals surface area contributed by atoms with E-state index in [4.69, 9.17) is 4.74 Å². The molecule has 1 saturated heterocycles. The molecular weight excluding hydrogens is 176 g/mol. The Kier molecular flexibility index (Phi) is 2.64. The third-order valence-electron chi connectivity index (χ3n) is 2.68. The van der Waals surface area contributed by atoms with Crippen LogP contribution in [0.15, 0.2) is 30.3 Å². The zero-order valence-electron chi connectivity index (χ0n) is 8.27. The summed E-state index contributed by atoms with van der Waals surface area (Å²) in [6.07, 6.45) is 0.516. The Labute approximate surface area is 83.9 Å². The molecule has 1 fully saturated rings. The summed E-state index contributed by atoms with van der Waals surface area (Å²) in [4.78, 5) is 11.8. The van der Waals surface area contributed by atoms with Crippen LogP contribution in [-0.4, -0.2) is 12.4 Å². The van der Waals surface area contributed by atoms with E-state index in [-0.39, 0.29) is 17.8 Å². The number of benzene rings is 1. The van der Waals surface area contributed by atoms with Crippen molar-refractivity contribution in [2.45, 2.75) is 19.4 Å². The molecule has 0 bridgehead atoms. The van der Waals surface area contributed by atoms with Crippen molar-refractivity contribution in [2.75, 3.05) is 6.61 Å². The van der Waals surface area contributed by atoms with Gasteiger partial charge in [-0.2, -0.15) is 0 Å². The number of hydrogen-bond donors (Lipinski definition) is 0. The quantitative estimate of drug-likeness (QED) is 0.679. The second-order valence-electron chi connectivity index (χ2n) is 3.75. The number of Topliss-reactive ketones (excluding diaryl/α,β-unsaturated/α-hetero) is 1. The van der Waals surface area contributed by atoms with Crippen molar-refractivity contribution in [1.29, 1.82) is 0 Å². The summed E-state index contributed by atoms with van der Waals surface area (Å²) in [5.41, 5.74) is 0.976. The topological polar surface area (TPSA) is 26.3 Å². The minimum atomic E-state index is -0.333. The molecule has 0 saturated carbocycles. The maximum absolute atomic E-state index is 11.8. The van der Waals surface area contributed by atoms with Gasteiger partial charge in [-0.05, 0) is 12.0 Å². The molecule has 0 N–H and O–H groups in total. The zero-order chi connectivity index (χ0) is 9.97. The van der Waals surface area contributed by atoms with Crippen LogP contribution in [0.2, 0.25) is 0 Å². The van der Waals surface area contributed by atoms with Crippen LogP contribution in [0.3, 0.4) is 0 Å². The summed E-state index contributed by atoms with van der Waals surface area (Å²) in [6.45, 7) is 2.66. The van der Waals surface area contributed by atoms with E-state index in [1.807, 2.05) is 37.3 Å². The minimum Gasteiger partial charge on any atom is -0.366 e. The first kappa shape index (κ1) is 9.41. The van der Waals surface area contributed by atoms with Crippen molar-refractivity contribution in [2.24, 2.45) is 5.92 Å². The van der Waals surface area contributed by atoms with E-state index in [9.17, 15) is 4.79 Å². The van der Waals surface area contributed by atoms with E-state index in [1.165, 1.54) is 0 Å². The van der Waals surface area contributed by atoms with Gasteiger partial charge in [0, 0.05) is 12.5 Å². The van der Waals surface area contributed by atoms with Crippen LogP contribution in [0.5, 0.6) is 0 Å². The van der Waals surface area contributed by atoms with Gasteiger partial charge in [-0.3, -0.25) is 4.79 Å². The Morgan fingerprint density at radius 1 is 1.29 bits per heavy atom. The predicted molar refractivity (Wildman–Crippen MR) is 53.9 cm³/mol. The number of hydrogen-bond acceptors (Lipinski definition) is 2. The monoisotopic (exact) mass is 190 g/mol. The standard InChI is InChI=1S/C12H14O2/c1-9-7-8-14-12(11(9)13)10-5-3-2-4-6-10/h2-6,9,12H,7-8H2,1H3/t9-,12+/m1/s1. The van der Waals surface area contributed by atoms with Gasteiger partial charge in [-0.15, -0.1) is 0 Å². The maximum Gasteiger partial charge on any atom is 0.168 e. The smallest absolute Gasteiger partial charge is 0.168 e. The number of ketones is 1. The molecule has 1 aromatic carbocycles. The lowest BCUT2D eigenvalue weighted by Crippen LogP contribution is -2.29. The molecule has 1 aromatic rings. The van der Waals surface area contributed by atoms with Crippen LogP contribution in [0.1, 0.15) is 25.0 Å². The Morgan fingerprint density at radius 2 is 2.00 bits per heavy atom. The molecule has 1 aliphatic rings. The highest BCUT2D eigenvalue weighted by atomic mass is 16.5. The average Bonchev–Trinajstić information content (AvgIpc) is 2.23. The van der Waals surface area contributed by atoms with Gasteiger partial charge in [-0.25, -0.2) is 0 Å². The lowest BCUT2D eigenvalue weighted by molar-refractivity contribution is -0.141. The van der Waals surface area contributed by atoms with E-state index < -0.39 is 0 Å². The maximum atomic E-state index is 11.8. The summed E-state index contributed by atoms with van der Waals surface area (Å²) < 4.78 is 5.50. The Bertz CT molecular complexity index is 318. The van der Waals surface area contributed by atoms with Crippen LogP contribution >= 0.6 is 0 Å². The van der Waals surface area contributed by atoms with Gasteiger partial charge in [0.25, 0.3) is 0 Å². The number of carbonyl (C=O) groups is 1. The van der Waals surface area contributed by atoms with Crippen molar-refractivity contribution in [3.8, 4) is 0 Å². The third-order valence-corrected chi connectivity index (χ3v) is 2.68. The van der Waals surface area contributed by atoms with Crippen LogP contribution in [0.4, 0.5) is 0 Å². The molecule has 0 aliphatic carbocycles. The molecule has 14 heavy (non-hydrogen) atoms. The lowest BCUT2D eigenvalue weighted by atomic mass is 9.92. The first-order valence-corrected chi connectivity index (χ1v) is 4.99. The number of carbonyl (C=O) groups excluding carboxylic acids is 1. The highest BCUT2D eigenvalue weighted by molar-refractivity contribution is 5.86. The van der Waals surface area contributed by atoms with Crippen molar-refractivity contribution in [1.82, 2.24) is 0 Å². The second kappa shape index (κ2) is 3.93. The number of ether oxygens (including phenoxy) is 1. The van der Waals surface area contributed by atoms with Gasteiger partial charge >= 0.3 is 0 Å². The molecular formula is C12H14O2.